The smallest absolute Gasteiger partial charge is 0.455 e. The summed E-state index contributed by atoms with van der Waals surface area (Å²) in [6, 6.07) is 5.52. The van der Waals surface area contributed by atoms with Crippen molar-refractivity contribution in [3.63, 3.8) is 0 Å². The SMILES string of the molecule is O=C(Nc1[nH]ncc1-c1cc(Cl)ccc1Oc1cc(F)c(S(=O)(=O)Nc2cscn2)cc1Cl)C(F)(F)F. The second-order valence-corrected chi connectivity index (χ2v) is 10.3. The molecule has 0 bridgehead atoms. The molecule has 4 aromatic rings. The van der Waals surface area contributed by atoms with Crippen LogP contribution in [0.3, 0.4) is 0 Å². The number of amides is 1. The molecule has 0 spiro atoms. The number of nitrogens with zero attached hydrogens (tertiary/aromatic N) is 2. The van der Waals surface area contributed by atoms with Gasteiger partial charge in [0.25, 0.3) is 10.0 Å². The minimum absolute atomic E-state index is 0.0137. The lowest BCUT2D eigenvalue weighted by Crippen LogP contribution is -2.30. The van der Waals surface area contributed by atoms with Gasteiger partial charge in [-0.05, 0) is 24.3 Å². The zero-order valence-electron chi connectivity index (χ0n) is 17.7. The molecule has 0 saturated heterocycles. The normalized spacial score (nSPS) is 11.8. The van der Waals surface area contributed by atoms with Crippen molar-refractivity contribution in [1.29, 1.82) is 0 Å². The van der Waals surface area contributed by atoms with E-state index in [4.69, 9.17) is 27.9 Å². The highest BCUT2D eigenvalue weighted by molar-refractivity contribution is 7.92. The van der Waals surface area contributed by atoms with Gasteiger partial charge in [-0.15, -0.1) is 11.3 Å². The number of anilines is 2. The Hall–Kier alpha value is -3.40. The average Bonchev–Trinajstić information content (AvgIpc) is 3.48. The Morgan fingerprint density at radius 1 is 1.11 bits per heavy atom. The van der Waals surface area contributed by atoms with Crippen molar-refractivity contribution in [3.05, 3.63) is 63.3 Å². The Bertz CT molecular complexity index is 1580. The first-order valence-electron chi connectivity index (χ1n) is 9.64. The lowest BCUT2D eigenvalue weighted by atomic mass is 10.1. The molecule has 2 heterocycles. The fraction of sp³-hybridized carbons (Fsp3) is 0.0500. The molecule has 194 valence electrons. The van der Waals surface area contributed by atoms with Gasteiger partial charge >= 0.3 is 12.1 Å². The Morgan fingerprint density at radius 3 is 2.54 bits per heavy atom. The Balaban J connectivity index is 1.68. The van der Waals surface area contributed by atoms with Crippen molar-refractivity contribution in [2.45, 2.75) is 11.1 Å². The molecule has 1 amide bonds. The highest BCUT2D eigenvalue weighted by Crippen LogP contribution is 2.41. The fourth-order valence-electron chi connectivity index (χ4n) is 2.94. The number of benzene rings is 2. The Morgan fingerprint density at radius 2 is 1.86 bits per heavy atom. The van der Waals surface area contributed by atoms with Crippen molar-refractivity contribution in [1.82, 2.24) is 15.2 Å². The number of thiazole rings is 1. The molecule has 9 nitrogen and oxygen atoms in total. The number of alkyl halides is 3. The lowest BCUT2D eigenvalue weighted by molar-refractivity contribution is -0.167. The van der Waals surface area contributed by atoms with Crippen LogP contribution in [0, 0.1) is 5.82 Å². The maximum atomic E-state index is 14.8. The molecule has 2 aromatic carbocycles. The van der Waals surface area contributed by atoms with E-state index in [1.54, 1.807) is 5.32 Å². The molecule has 4 rings (SSSR count). The monoisotopic (exact) mass is 595 g/mol. The molecule has 0 saturated carbocycles. The third kappa shape index (κ3) is 5.95. The van der Waals surface area contributed by atoms with Gasteiger partial charge in [-0.25, -0.2) is 17.8 Å². The summed E-state index contributed by atoms with van der Waals surface area (Å²) in [5.74, 6) is -4.29. The van der Waals surface area contributed by atoms with Crippen LogP contribution in [0.2, 0.25) is 10.0 Å². The maximum Gasteiger partial charge on any atom is 0.471 e. The number of H-pyrrole nitrogens is 1. The summed E-state index contributed by atoms with van der Waals surface area (Å²) < 4.78 is 85.9. The lowest BCUT2D eigenvalue weighted by Gasteiger charge is -2.15. The molecule has 37 heavy (non-hydrogen) atoms. The van der Waals surface area contributed by atoms with Gasteiger partial charge in [-0.2, -0.15) is 18.3 Å². The topological polar surface area (TPSA) is 126 Å². The number of ether oxygens (including phenoxy) is 1. The van der Waals surface area contributed by atoms with Crippen LogP contribution in [0.4, 0.5) is 29.2 Å². The molecule has 2 aromatic heterocycles. The zero-order chi connectivity index (χ0) is 27.0. The quantitative estimate of drug-likeness (QED) is 0.222. The molecular weight excluding hydrogens is 585 g/mol. The number of aromatic nitrogens is 3. The summed E-state index contributed by atoms with van der Waals surface area (Å²) in [6.07, 6.45) is -4.07. The summed E-state index contributed by atoms with van der Waals surface area (Å²) >= 11 is 13.3. The fourth-order valence-corrected chi connectivity index (χ4v) is 5.02. The highest BCUT2D eigenvalue weighted by Gasteiger charge is 2.39. The first kappa shape index (κ1) is 26.7. The first-order valence-corrected chi connectivity index (χ1v) is 12.8. The molecule has 17 heteroatoms. The molecule has 0 fully saturated rings. The van der Waals surface area contributed by atoms with Crippen molar-refractivity contribution in [2.75, 3.05) is 10.0 Å². The standard InChI is InChI=1S/C20H11Cl2F4N5O4S2/c21-9-1-2-14(10(3-9)11-6-28-30-18(11)29-19(32)20(24,25)26)35-15-5-13(23)16(4-12(15)22)37(33,34)31-17-7-36-8-27-17/h1-8,31H,(H2,28,29,30,32). The van der Waals surface area contributed by atoms with E-state index in [0.29, 0.717) is 0 Å². The van der Waals surface area contributed by atoms with Crippen molar-refractivity contribution >= 4 is 62.1 Å². The number of aromatic amines is 1. The summed E-state index contributed by atoms with van der Waals surface area (Å²) in [6.45, 7) is 0. The van der Waals surface area contributed by atoms with Crippen LogP contribution in [0.25, 0.3) is 11.1 Å². The molecule has 3 N–H and O–H groups in total. The second-order valence-electron chi connectivity index (χ2n) is 7.05. The molecular formula is C20H11Cl2F4N5O4S2. The summed E-state index contributed by atoms with van der Waals surface area (Å²) in [7, 11) is -4.39. The van der Waals surface area contributed by atoms with Crippen molar-refractivity contribution in [3.8, 4) is 22.6 Å². The third-order valence-electron chi connectivity index (χ3n) is 4.53. The van der Waals surface area contributed by atoms with Crippen LogP contribution < -0.4 is 14.8 Å². The highest BCUT2D eigenvalue weighted by atomic mass is 35.5. The number of rotatable bonds is 7. The largest absolute Gasteiger partial charge is 0.471 e. The number of carbonyl (C=O) groups excluding carboxylic acids is 1. The zero-order valence-corrected chi connectivity index (χ0v) is 20.9. The number of carbonyl (C=O) groups is 1. The van der Waals surface area contributed by atoms with E-state index < -0.39 is 38.6 Å². The average molecular weight is 596 g/mol. The summed E-state index contributed by atoms with van der Waals surface area (Å²) in [5, 5.41) is 8.77. The minimum atomic E-state index is -5.17. The van der Waals surface area contributed by atoms with Gasteiger partial charge in [0.05, 0.1) is 16.7 Å². The third-order valence-corrected chi connectivity index (χ3v) is 7.02. The predicted octanol–water partition coefficient (Wildman–Crippen LogP) is 6.07. The molecule has 0 aliphatic carbocycles. The van der Waals surface area contributed by atoms with Crippen LogP contribution in [0.15, 0.2) is 52.3 Å². The van der Waals surface area contributed by atoms with Gasteiger partial charge in [0.15, 0.2) is 5.82 Å². The van der Waals surface area contributed by atoms with E-state index >= 15 is 0 Å². The summed E-state index contributed by atoms with van der Waals surface area (Å²) in [5.41, 5.74) is 1.39. The number of hydrogen-bond acceptors (Lipinski definition) is 7. The number of sulfonamides is 1. The van der Waals surface area contributed by atoms with Gasteiger partial charge in [0.2, 0.25) is 0 Å². The van der Waals surface area contributed by atoms with Crippen LogP contribution in [-0.2, 0) is 14.8 Å². The molecule has 0 aliphatic rings. The number of halogens is 6. The van der Waals surface area contributed by atoms with E-state index in [2.05, 4.69) is 19.9 Å². The van der Waals surface area contributed by atoms with Crippen LogP contribution in [0.1, 0.15) is 0 Å². The van der Waals surface area contributed by atoms with Crippen molar-refractivity contribution in [2.24, 2.45) is 0 Å². The number of hydrogen-bond donors (Lipinski definition) is 3. The molecule has 0 atom stereocenters. The molecule has 0 unspecified atom stereocenters. The van der Waals surface area contributed by atoms with Crippen LogP contribution in [0.5, 0.6) is 11.5 Å². The minimum Gasteiger partial charge on any atom is -0.455 e. The van der Waals surface area contributed by atoms with Gasteiger partial charge in [-0.3, -0.25) is 14.6 Å². The molecule has 0 radical (unpaired) electrons. The number of nitrogens with one attached hydrogen (secondary N) is 3. The molecule has 0 aliphatic heterocycles. The van der Waals surface area contributed by atoms with Gasteiger partial charge < -0.3 is 10.1 Å². The van der Waals surface area contributed by atoms with Crippen LogP contribution in [-0.4, -0.2) is 35.7 Å². The Kier molecular flexibility index (Phi) is 7.32. The Labute approximate surface area is 219 Å². The van der Waals surface area contributed by atoms with Gasteiger partial charge in [0.1, 0.15) is 28.0 Å². The van der Waals surface area contributed by atoms with E-state index in [9.17, 15) is 30.8 Å². The van der Waals surface area contributed by atoms with E-state index in [-0.39, 0.29) is 38.5 Å². The van der Waals surface area contributed by atoms with Gasteiger partial charge in [-0.1, -0.05) is 23.2 Å². The van der Waals surface area contributed by atoms with E-state index in [1.165, 1.54) is 29.1 Å². The van der Waals surface area contributed by atoms with E-state index in [1.807, 2.05) is 0 Å². The summed E-state index contributed by atoms with van der Waals surface area (Å²) in [4.78, 5) is 14.4. The van der Waals surface area contributed by atoms with Crippen molar-refractivity contribution < 1.29 is 35.5 Å². The van der Waals surface area contributed by atoms with E-state index in [0.717, 1.165) is 29.7 Å². The predicted molar refractivity (Wildman–Crippen MR) is 128 cm³/mol. The second kappa shape index (κ2) is 10.2. The van der Waals surface area contributed by atoms with Gasteiger partial charge in [0, 0.05) is 27.6 Å². The van der Waals surface area contributed by atoms with Crippen LogP contribution >= 0.6 is 34.5 Å². The maximum absolute atomic E-state index is 14.8. The first-order chi connectivity index (χ1) is 17.3.